The molecule has 7 nitrogen and oxygen atoms in total. The molecule has 26 heavy (non-hydrogen) atoms. The molecule has 2 aromatic heterocycles. The van der Waals surface area contributed by atoms with Gasteiger partial charge in [-0.2, -0.15) is 5.10 Å². The summed E-state index contributed by atoms with van der Waals surface area (Å²) in [4.78, 5) is 9.49. The van der Waals surface area contributed by atoms with Crippen LogP contribution in [0.3, 0.4) is 0 Å². The van der Waals surface area contributed by atoms with E-state index in [4.69, 9.17) is 4.74 Å². The predicted octanol–water partition coefficient (Wildman–Crippen LogP) is 1.91. The van der Waals surface area contributed by atoms with Crippen molar-refractivity contribution in [3.63, 3.8) is 0 Å². The Morgan fingerprint density at radius 1 is 1.27 bits per heavy atom. The second-order valence-corrected chi connectivity index (χ2v) is 7.02. The van der Waals surface area contributed by atoms with Gasteiger partial charge in [-0.05, 0) is 50.0 Å². The maximum atomic E-state index is 10.4. The first kappa shape index (κ1) is 17.1. The van der Waals surface area contributed by atoms with Gasteiger partial charge < -0.3 is 19.7 Å². The highest BCUT2D eigenvalue weighted by Gasteiger charge is 2.21. The van der Waals surface area contributed by atoms with Gasteiger partial charge in [-0.15, -0.1) is 0 Å². The maximum absolute atomic E-state index is 10.4. The molecule has 1 aliphatic rings. The molecule has 7 heteroatoms. The van der Waals surface area contributed by atoms with Crippen LogP contribution in [-0.4, -0.2) is 62.1 Å². The molecule has 138 valence electrons. The largest absolute Gasteiger partial charge is 0.490 e. The number of nitrogens with zero attached hydrogens (tertiary/aromatic N) is 4. The summed E-state index contributed by atoms with van der Waals surface area (Å²) in [5.41, 5.74) is 1.05. The number of piperidine rings is 1. The summed E-state index contributed by atoms with van der Waals surface area (Å²) < 4.78 is 7.76. The van der Waals surface area contributed by atoms with E-state index in [1.165, 1.54) is 0 Å². The van der Waals surface area contributed by atoms with Crippen LogP contribution in [0.4, 0.5) is 0 Å². The highest BCUT2D eigenvalue weighted by molar-refractivity contribution is 5.85. The fraction of sp³-hybridized carbons (Fsp3) is 0.474. The molecule has 1 unspecified atom stereocenters. The van der Waals surface area contributed by atoms with Crippen molar-refractivity contribution in [3.8, 4) is 5.75 Å². The van der Waals surface area contributed by atoms with Crippen LogP contribution in [0.25, 0.3) is 10.9 Å². The summed E-state index contributed by atoms with van der Waals surface area (Å²) in [5, 5.41) is 15.6. The number of H-pyrrole nitrogens is 1. The number of rotatable bonds is 7. The van der Waals surface area contributed by atoms with Gasteiger partial charge in [0, 0.05) is 30.2 Å². The molecule has 0 spiro atoms. The SMILES string of the molecule is OC(COc1cccc2[nH]ccc12)CN1CCC(Cn2cncn2)CC1. The van der Waals surface area contributed by atoms with Crippen LogP contribution >= 0.6 is 0 Å². The number of aromatic amines is 1. The van der Waals surface area contributed by atoms with E-state index in [-0.39, 0.29) is 0 Å². The molecular weight excluding hydrogens is 330 g/mol. The predicted molar refractivity (Wildman–Crippen MR) is 99.0 cm³/mol. The summed E-state index contributed by atoms with van der Waals surface area (Å²) in [6.45, 7) is 3.90. The molecule has 1 fully saturated rings. The number of hydrogen-bond acceptors (Lipinski definition) is 5. The lowest BCUT2D eigenvalue weighted by atomic mass is 9.96. The Morgan fingerprint density at radius 3 is 2.96 bits per heavy atom. The van der Waals surface area contributed by atoms with E-state index in [2.05, 4.69) is 20.0 Å². The first-order valence-electron chi connectivity index (χ1n) is 9.19. The Bertz CT molecular complexity index is 808. The van der Waals surface area contributed by atoms with Gasteiger partial charge in [0.2, 0.25) is 0 Å². The van der Waals surface area contributed by atoms with Crippen molar-refractivity contribution >= 4 is 10.9 Å². The molecule has 1 aromatic carbocycles. The van der Waals surface area contributed by atoms with Gasteiger partial charge in [0.05, 0.1) is 0 Å². The van der Waals surface area contributed by atoms with Gasteiger partial charge in [-0.3, -0.25) is 4.68 Å². The number of nitrogens with one attached hydrogen (secondary N) is 1. The number of likely N-dealkylation sites (tertiary alicyclic amines) is 1. The van der Waals surface area contributed by atoms with E-state index in [1.54, 1.807) is 12.7 Å². The van der Waals surface area contributed by atoms with E-state index in [0.717, 1.165) is 49.1 Å². The number of ether oxygens (including phenoxy) is 1. The smallest absolute Gasteiger partial charge is 0.137 e. The highest BCUT2D eigenvalue weighted by Crippen LogP contribution is 2.24. The normalized spacial score (nSPS) is 17.6. The minimum atomic E-state index is -0.490. The van der Waals surface area contributed by atoms with Gasteiger partial charge in [0.25, 0.3) is 0 Å². The van der Waals surface area contributed by atoms with Crippen molar-refractivity contribution in [2.24, 2.45) is 5.92 Å². The number of aliphatic hydroxyl groups is 1. The third-order valence-electron chi connectivity index (χ3n) is 5.07. The quantitative estimate of drug-likeness (QED) is 0.677. The molecule has 0 aliphatic carbocycles. The van der Waals surface area contributed by atoms with Crippen molar-refractivity contribution in [1.29, 1.82) is 0 Å². The van der Waals surface area contributed by atoms with Gasteiger partial charge in [0.15, 0.2) is 0 Å². The Hall–Kier alpha value is -2.38. The topological polar surface area (TPSA) is 79.2 Å². The number of fused-ring (bicyclic) bond motifs is 1. The van der Waals surface area contributed by atoms with E-state index < -0.39 is 6.10 Å². The zero-order valence-corrected chi connectivity index (χ0v) is 14.8. The molecule has 3 aromatic rings. The number of hydrogen-bond donors (Lipinski definition) is 2. The minimum Gasteiger partial charge on any atom is -0.490 e. The Labute approximate surface area is 152 Å². The molecular formula is C19H25N5O2. The van der Waals surface area contributed by atoms with Gasteiger partial charge in [0.1, 0.15) is 31.1 Å². The zero-order chi connectivity index (χ0) is 17.8. The van der Waals surface area contributed by atoms with Crippen LogP contribution in [-0.2, 0) is 6.54 Å². The Kier molecular flexibility index (Phi) is 5.17. The fourth-order valence-electron chi connectivity index (χ4n) is 3.66. The summed E-state index contributed by atoms with van der Waals surface area (Å²) in [5.74, 6) is 1.45. The molecule has 1 saturated heterocycles. The number of aromatic nitrogens is 4. The zero-order valence-electron chi connectivity index (χ0n) is 14.8. The lowest BCUT2D eigenvalue weighted by Crippen LogP contribution is -2.41. The maximum Gasteiger partial charge on any atom is 0.137 e. The lowest BCUT2D eigenvalue weighted by molar-refractivity contribution is 0.0538. The monoisotopic (exact) mass is 355 g/mol. The second kappa shape index (κ2) is 7.88. The third kappa shape index (κ3) is 4.05. The molecule has 1 aliphatic heterocycles. The summed E-state index contributed by atoms with van der Waals surface area (Å²) in [6.07, 6.45) is 7.01. The van der Waals surface area contributed by atoms with Crippen LogP contribution in [0.5, 0.6) is 5.75 Å². The van der Waals surface area contributed by atoms with Crippen molar-refractivity contribution < 1.29 is 9.84 Å². The Morgan fingerprint density at radius 2 is 2.15 bits per heavy atom. The van der Waals surface area contributed by atoms with Crippen molar-refractivity contribution in [2.45, 2.75) is 25.5 Å². The van der Waals surface area contributed by atoms with Gasteiger partial charge in [-0.1, -0.05) is 6.07 Å². The molecule has 4 rings (SSSR count). The molecule has 0 amide bonds. The van der Waals surface area contributed by atoms with E-state index in [0.29, 0.717) is 19.1 Å². The number of aliphatic hydroxyl groups excluding tert-OH is 1. The summed E-state index contributed by atoms with van der Waals surface area (Å²) in [7, 11) is 0. The first-order valence-corrected chi connectivity index (χ1v) is 9.19. The van der Waals surface area contributed by atoms with Crippen LogP contribution in [0.15, 0.2) is 43.1 Å². The Balaban J connectivity index is 1.22. The van der Waals surface area contributed by atoms with Crippen LogP contribution < -0.4 is 4.74 Å². The fourth-order valence-corrected chi connectivity index (χ4v) is 3.66. The summed E-state index contributed by atoms with van der Waals surface area (Å²) in [6, 6.07) is 7.91. The lowest BCUT2D eigenvalue weighted by Gasteiger charge is -2.33. The molecule has 1 atom stereocenters. The van der Waals surface area contributed by atoms with Crippen molar-refractivity contribution in [3.05, 3.63) is 43.1 Å². The van der Waals surface area contributed by atoms with Crippen LogP contribution in [0, 0.1) is 5.92 Å². The van der Waals surface area contributed by atoms with Crippen LogP contribution in [0.2, 0.25) is 0 Å². The average Bonchev–Trinajstić information content (AvgIpc) is 3.33. The minimum absolute atomic E-state index is 0.309. The molecule has 0 bridgehead atoms. The van der Waals surface area contributed by atoms with E-state index in [1.807, 2.05) is 35.1 Å². The van der Waals surface area contributed by atoms with E-state index in [9.17, 15) is 5.11 Å². The van der Waals surface area contributed by atoms with Crippen LogP contribution in [0.1, 0.15) is 12.8 Å². The van der Waals surface area contributed by atoms with E-state index >= 15 is 0 Å². The molecule has 2 N–H and O–H groups in total. The highest BCUT2D eigenvalue weighted by atomic mass is 16.5. The first-order chi connectivity index (χ1) is 12.8. The van der Waals surface area contributed by atoms with Crippen molar-refractivity contribution in [1.82, 2.24) is 24.6 Å². The average molecular weight is 355 g/mol. The third-order valence-corrected chi connectivity index (χ3v) is 5.07. The number of β-amino-alcohol motifs (C(OH)–C–C–N with tert-alkyl or cyclic N) is 1. The molecule has 3 heterocycles. The van der Waals surface area contributed by atoms with Gasteiger partial charge >= 0.3 is 0 Å². The molecule has 0 radical (unpaired) electrons. The van der Waals surface area contributed by atoms with Crippen molar-refractivity contribution in [2.75, 3.05) is 26.2 Å². The van der Waals surface area contributed by atoms with Gasteiger partial charge in [-0.25, -0.2) is 4.98 Å². The number of benzene rings is 1. The summed E-state index contributed by atoms with van der Waals surface area (Å²) >= 11 is 0. The second-order valence-electron chi connectivity index (χ2n) is 7.02. The molecule has 0 saturated carbocycles. The standard InChI is InChI=1S/C19H25N5O2/c25-16(12-26-19-3-1-2-18-17(19)4-7-21-18)11-23-8-5-15(6-9-23)10-24-14-20-13-22-24/h1-4,7,13-16,21,25H,5-6,8-12H2.